The number of nitrogens with one attached hydrogen (secondary N) is 1. The molecule has 1 aromatic heterocycles. The summed E-state index contributed by atoms with van der Waals surface area (Å²) >= 11 is 11.8. The Bertz CT molecular complexity index is 561. The molecule has 0 fully saturated rings. The molecule has 0 bridgehead atoms. The van der Waals surface area contributed by atoms with Gasteiger partial charge < -0.3 is 5.32 Å². The van der Waals surface area contributed by atoms with Gasteiger partial charge in [-0.2, -0.15) is 4.98 Å². The summed E-state index contributed by atoms with van der Waals surface area (Å²) in [7, 11) is 0. The minimum atomic E-state index is 0.206. The Balaban J connectivity index is 1.78. The lowest BCUT2D eigenvalue weighted by molar-refractivity contribution is 0.768. The molecule has 0 unspecified atom stereocenters. The molecule has 2 aromatic rings. The van der Waals surface area contributed by atoms with Gasteiger partial charge in [0.1, 0.15) is 10.8 Å². The van der Waals surface area contributed by atoms with E-state index in [1.54, 1.807) is 0 Å². The minimum Gasteiger partial charge on any atom is -0.365 e. The number of halogens is 2. The van der Waals surface area contributed by atoms with Crippen LogP contribution in [0.1, 0.15) is 11.1 Å². The highest BCUT2D eigenvalue weighted by Crippen LogP contribution is 2.26. The third-order valence-electron chi connectivity index (χ3n) is 3.11. The van der Waals surface area contributed by atoms with Gasteiger partial charge in [-0.3, -0.25) is 0 Å². The van der Waals surface area contributed by atoms with Crippen LogP contribution in [0.2, 0.25) is 10.3 Å². The molecule has 0 atom stereocenters. The van der Waals surface area contributed by atoms with Crippen molar-refractivity contribution in [2.45, 2.75) is 18.9 Å². The molecular formula is C13H11Cl2N3. The summed E-state index contributed by atoms with van der Waals surface area (Å²) in [4.78, 5) is 7.95. The van der Waals surface area contributed by atoms with Crippen LogP contribution in [0.5, 0.6) is 0 Å². The van der Waals surface area contributed by atoms with Crippen molar-refractivity contribution in [1.82, 2.24) is 9.97 Å². The number of aromatic nitrogens is 2. The van der Waals surface area contributed by atoms with Crippen molar-refractivity contribution in [2.75, 3.05) is 5.32 Å². The van der Waals surface area contributed by atoms with E-state index in [0.29, 0.717) is 16.9 Å². The zero-order chi connectivity index (χ0) is 12.5. The summed E-state index contributed by atoms with van der Waals surface area (Å²) in [6.45, 7) is 0. The summed E-state index contributed by atoms with van der Waals surface area (Å²) < 4.78 is 0. The van der Waals surface area contributed by atoms with Gasteiger partial charge in [0.15, 0.2) is 0 Å². The monoisotopic (exact) mass is 279 g/mol. The fourth-order valence-electron chi connectivity index (χ4n) is 2.30. The molecule has 1 N–H and O–H groups in total. The van der Waals surface area contributed by atoms with Crippen molar-refractivity contribution >= 4 is 29.0 Å². The Kier molecular flexibility index (Phi) is 3.10. The Labute approximate surface area is 115 Å². The number of hydrogen-bond acceptors (Lipinski definition) is 3. The zero-order valence-corrected chi connectivity index (χ0v) is 11.0. The van der Waals surface area contributed by atoms with E-state index in [1.807, 2.05) is 0 Å². The summed E-state index contributed by atoms with van der Waals surface area (Å²) in [5, 5.41) is 4.03. The van der Waals surface area contributed by atoms with Gasteiger partial charge in [-0.05, 0) is 35.6 Å². The second kappa shape index (κ2) is 4.75. The van der Waals surface area contributed by atoms with Crippen LogP contribution >= 0.6 is 23.2 Å². The third-order valence-corrected chi connectivity index (χ3v) is 3.57. The van der Waals surface area contributed by atoms with Crippen LogP contribution in [0.3, 0.4) is 0 Å². The van der Waals surface area contributed by atoms with Crippen molar-refractivity contribution in [3.05, 3.63) is 51.9 Å². The number of fused-ring (bicyclic) bond motifs is 1. The van der Waals surface area contributed by atoms with E-state index < -0.39 is 0 Å². The molecule has 0 spiro atoms. The van der Waals surface area contributed by atoms with Crippen LogP contribution in [-0.2, 0) is 12.8 Å². The molecule has 3 nitrogen and oxygen atoms in total. The first-order valence-electron chi connectivity index (χ1n) is 5.74. The first kappa shape index (κ1) is 11.8. The highest BCUT2D eigenvalue weighted by atomic mass is 35.5. The number of rotatable bonds is 2. The molecule has 1 aliphatic carbocycles. The molecule has 0 aliphatic heterocycles. The molecule has 0 amide bonds. The van der Waals surface area contributed by atoms with Gasteiger partial charge in [0.2, 0.25) is 5.28 Å². The second-order valence-corrected chi connectivity index (χ2v) is 5.10. The standard InChI is InChI=1S/C13H11Cl2N3/c14-11-7-16-13(15)18-12(11)17-10-5-8-3-1-2-4-9(8)6-10/h1-4,7,10H,5-6H2,(H,16,17,18). The van der Waals surface area contributed by atoms with Crippen LogP contribution in [-0.4, -0.2) is 16.0 Å². The number of anilines is 1. The predicted molar refractivity (Wildman–Crippen MR) is 73.3 cm³/mol. The average Bonchev–Trinajstić information content (AvgIpc) is 2.76. The maximum Gasteiger partial charge on any atom is 0.224 e. The summed E-state index contributed by atoms with van der Waals surface area (Å²) in [5.41, 5.74) is 2.76. The lowest BCUT2D eigenvalue weighted by Gasteiger charge is -2.13. The average molecular weight is 280 g/mol. The van der Waals surface area contributed by atoms with Crippen LogP contribution < -0.4 is 5.32 Å². The number of nitrogens with zero attached hydrogens (tertiary/aromatic N) is 2. The van der Waals surface area contributed by atoms with Crippen molar-refractivity contribution < 1.29 is 0 Å². The Morgan fingerprint density at radius 2 is 1.78 bits per heavy atom. The third kappa shape index (κ3) is 2.28. The highest BCUT2D eigenvalue weighted by Gasteiger charge is 2.21. The number of benzene rings is 1. The van der Waals surface area contributed by atoms with Crippen molar-refractivity contribution in [3.8, 4) is 0 Å². The molecule has 0 saturated carbocycles. The maximum absolute atomic E-state index is 6.04. The first-order valence-corrected chi connectivity index (χ1v) is 6.49. The van der Waals surface area contributed by atoms with E-state index in [1.165, 1.54) is 17.3 Å². The first-order chi connectivity index (χ1) is 8.72. The lowest BCUT2D eigenvalue weighted by Crippen LogP contribution is -2.20. The van der Waals surface area contributed by atoms with Gasteiger partial charge in [0.25, 0.3) is 0 Å². The van der Waals surface area contributed by atoms with Crippen LogP contribution in [0.15, 0.2) is 30.5 Å². The molecule has 1 aromatic carbocycles. The Hall–Kier alpha value is -1.32. The lowest BCUT2D eigenvalue weighted by atomic mass is 10.1. The van der Waals surface area contributed by atoms with Gasteiger partial charge in [0.05, 0.1) is 6.20 Å². The van der Waals surface area contributed by atoms with Gasteiger partial charge >= 0.3 is 0 Å². The van der Waals surface area contributed by atoms with Crippen molar-refractivity contribution in [2.24, 2.45) is 0 Å². The van der Waals surface area contributed by atoms with E-state index >= 15 is 0 Å². The van der Waals surface area contributed by atoms with E-state index in [-0.39, 0.29) is 5.28 Å². The van der Waals surface area contributed by atoms with E-state index in [0.717, 1.165) is 12.8 Å². The molecule has 1 aliphatic rings. The smallest absolute Gasteiger partial charge is 0.224 e. The van der Waals surface area contributed by atoms with Crippen molar-refractivity contribution in [1.29, 1.82) is 0 Å². The maximum atomic E-state index is 6.04. The molecule has 0 saturated heterocycles. The second-order valence-electron chi connectivity index (χ2n) is 4.35. The highest BCUT2D eigenvalue weighted by molar-refractivity contribution is 6.33. The van der Waals surface area contributed by atoms with Crippen molar-refractivity contribution in [3.63, 3.8) is 0 Å². The topological polar surface area (TPSA) is 37.8 Å². The Morgan fingerprint density at radius 3 is 2.44 bits per heavy atom. The Morgan fingerprint density at radius 1 is 1.11 bits per heavy atom. The molecule has 1 heterocycles. The minimum absolute atomic E-state index is 0.206. The van der Waals surface area contributed by atoms with Crippen LogP contribution in [0.25, 0.3) is 0 Å². The molecule has 0 radical (unpaired) electrons. The molecule has 18 heavy (non-hydrogen) atoms. The molecular weight excluding hydrogens is 269 g/mol. The predicted octanol–water partition coefficient (Wildman–Crippen LogP) is 3.36. The summed E-state index contributed by atoms with van der Waals surface area (Å²) in [6.07, 6.45) is 3.48. The molecule has 3 rings (SSSR count). The quantitative estimate of drug-likeness (QED) is 0.857. The zero-order valence-electron chi connectivity index (χ0n) is 9.53. The largest absolute Gasteiger partial charge is 0.365 e. The molecule has 5 heteroatoms. The van der Waals surface area contributed by atoms with E-state index in [2.05, 4.69) is 39.6 Å². The summed E-state index contributed by atoms with van der Waals surface area (Å²) in [6, 6.07) is 8.76. The summed E-state index contributed by atoms with van der Waals surface area (Å²) in [5.74, 6) is 0.606. The molecule has 92 valence electrons. The fourth-order valence-corrected chi connectivity index (χ4v) is 2.58. The number of hydrogen-bond donors (Lipinski definition) is 1. The van der Waals surface area contributed by atoms with Gasteiger partial charge in [0, 0.05) is 6.04 Å². The van der Waals surface area contributed by atoms with Crippen LogP contribution in [0.4, 0.5) is 5.82 Å². The van der Waals surface area contributed by atoms with Crippen LogP contribution in [0, 0.1) is 0 Å². The van der Waals surface area contributed by atoms with E-state index in [4.69, 9.17) is 23.2 Å². The fraction of sp³-hybridized carbons (Fsp3) is 0.231. The normalized spacial score (nSPS) is 14.6. The van der Waals surface area contributed by atoms with E-state index in [9.17, 15) is 0 Å². The SMILES string of the molecule is Clc1ncc(Cl)c(NC2Cc3ccccc3C2)n1. The van der Waals surface area contributed by atoms with Gasteiger partial charge in [-0.15, -0.1) is 0 Å². The van der Waals surface area contributed by atoms with Gasteiger partial charge in [-0.1, -0.05) is 35.9 Å². The van der Waals surface area contributed by atoms with Gasteiger partial charge in [-0.25, -0.2) is 4.98 Å².